The smallest absolute Gasteiger partial charge is 0.387 e. The van der Waals surface area contributed by atoms with E-state index in [9.17, 15) is 38.5 Å². The van der Waals surface area contributed by atoms with Gasteiger partial charge in [-0.15, -0.1) is 0 Å². The molecule has 2 heterocycles. The fraction of sp³-hybridized carbons (Fsp3) is 0.294. The van der Waals surface area contributed by atoms with E-state index in [4.69, 9.17) is 20.3 Å². The normalized spacial score (nSPS) is 25.0. The minimum atomic E-state index is -5.75. The van der Waals surface area contributed by atoms with E-state index in [1.54, 1.807) is 30.3 Å². The molecule has 1 aliphatic heterocycles. The summed E-state index contributed by atoms with van der Waals surface area (Å²) < 4.78 is 51.9. The second kappa shape index (κ2) is 11.2. The summed E-state index contributed by atoms with van der Waals surface area (Å²) in [5, 5.41) is 24.6. The molecule has 2 unspecified atom stereocenters. The van der Waals surface area contributed by atoms with Crippen LogP contribution in [-0.4, -0.2) is 70.4 Å². The Balaban J connectivity index is 1.73. The highest BCUT2D eigenvalue weighted by molar-refractivity contribution is 7.66. The number of hydrogen-bond donors (Lipinski definition) is 7. The van der Waals surface area contributed by atoms with Gasteiger partial charge in [-0.2, -0.15) is 13.7 Å². The number of nitrogens with zero attached hydrogens (tertiary/aromatic N) is 2. The maximum atomic E-state index is 11.9. The molecule has 1 aliphatic rings. The number of hydrogen-bond acceptors (Lipinski definition) is 11. The number of amides is 1. The van der Waals surface area contributed by atoms with Crippen LogP contribution in [0.25, 0.3) is 0 Å². The van der Waals surface area contributed by atoms with E-state index >= 15 is 0 Å². The molecule has 202 valence electrons. The van der Waals surface area contributed by atoms with Crippen LogP contribution in [-0.2, 0) is 31.6 Å². The highest BCUT2D eigenvalue weighted by Gasteiger charge is 2.47. The number of aliphatic hydroxyl groups is 2. The van der Waals surface area contributed by atoms with Crippen molar-refractivity contribution < 1.29 is 66.2 Å². The van der Waals surface area contributed by atoms with Crippen LogP contribution >= 0.6 is 23.5 Å². The van der Waals surface area contributed by atoms with Gasteiger partial charge in [0.15, 0.2) is 11.9 Å². The molecule has 1 fully saturated rings. The molecule has 3 rings (SSSR count). The zero-order valence-corrected chi connectivity index (χ0v) is 20.9. The van der Waals surface area contributed by atoms with Crippen LogP contribution in [0.15, 0.2) is 36.5 Å². The Labute approximate surface area is 207 Å². The third-order valence-corrected chi connectivity index (χ3v) is 8.30. The van der Waals surface area contributed by atoms with Crippen molar-refractivity contribution in [1.82, 2.24) is 9.78 Å². The van der Waals surface area contributed by atoms with Crippen molar-refractivity contribution in [3.63, 3.8) is 0 Å². The first-order chi connectivity index (χ1) is 17.1. The number of ether oxygens (including phenoxy) is 1. The summed E-state index contributed by atoms with van der Waals surface area (Å²) >= 11 is 0. The van der Waals surface area contributed by atoms with Gasteiger partial charge in [-0.3, -0.25) is 9.32 Å². The third-order valence-electron chi connectivity index (χ3n) is 4.50. The minimum absolute atomic E-state index is 0.0679. The van der Waals surface area contributed by atoms with Gasteiger partial charge in [-0.25, -0.2) is 18.4 Å². The molecule has 8 N–H and O–H groups in total. The van der Waals surface area contributed by atoms with Gasteiger partial charge in [0.1, 0.15) is 18.3 Å². The number of aliphatic hydroxyl groups excluding tert-OH is 2. The number of aromatic nitrogens is 2. The number of carbonyl (C=O) groups excluding carboxylic acids is 1. The van der Waals surface area contributed by atoms with Gasteiger partial charge in [-0.1, -0.05) is 30.0 Å². The molecule has 0 saturated carbocycles. The number of carbonyl (C=O) groups is 1. The van der Waals surface area contributed by atoms with Crippen LogP contribution < -0.4 is 5.73 Å². The van der Waals surface area contributed by atoms with Crippen LogP contribution in [0.3, 0.4) is 0 Å². The molecule has 2 aromatic rings. The fourth-order valence-corrected chi connectivity index (χ4v) is 6.04. The van der Waals surface area contributed by atoms with Gasteiger partial charge in [0.25, 0.3) is 5.91 Å². The largest absolute Gasteiger partial charge is 0.490 e. The lowest BCUT2D eigenvalue weighted by Crippen LogP contribution is -2.33. The molecule has 20 heteroatoms. The monoisotopic (exact) mass is 583 g/mol. The number of nitrogens with two attached hydrogens (primary N) is 1. The Morgan fingerprint density at radius 2 is 1.68 bits per heavy atom. The van der Waals surface area contributed by atoms with Crippen molar-refractivity contribution in [2.24, 2.45) is 5.73 Å². The Bertz CT molecular complexity index is 1350. The Morgan fingerprint density at radius 1 is 1.03 bits per heavy atom. The summed E-state index contributed by atoms with van der Waals surface area (Å²) in [7, 11) is -16.8. The maximum absolute atomic E-state index is 11.9. The van der Waals surface area contributed by atoms with Gasteiger partial charge >= 0.3 is 23.5 Å². The molecule has 1 aromatic carbocycles. The second-order valence-corrected chi connectivity index (χ2v) is 11.7. The summed E-state index contributed by atoms with van der Waals surface area (Å²) in [5.41, 5.74) is 5.75. The van der Waals surface area contributed by atoms with Crippen LogP contribution in [0.4, 0.5) is 0 Å². The third kappa shape index (κ3) is 8.11. The van der Waals surface area contributed by atoms with Crippen molar-refractivity contribution in [3.8, 4) is 11.8 Å². The number of rotatable bonds is 9. The van der Waals surface area contributed by atoms with Gasteiger partial charge in [0, 0.05) is 11.8 Å². The number of primary amides is 1. The molecule has 37 heavy (non-hydrogen) atoms. The van der Waals surface area contributed by atoms with E-state index < -0.39 is 60.5 Å². The number of phosphoric acid groups is 3. The molecule has 1 saturated heterocycles. The van der Waals surface area contributed by atoms with Gasteiger partial charge in [0.05, 0.1) is 12.2 Å². The zero-order valence-electron chi connectivity index (χ0n) is 18.2. The number of benzene rings is 1. The average Bonchev–Trinajstić information content (AvgIpc) is 3.31. The maximum Gasteiger partial charge on any atom is 0.490 e. The standard InChI is InChI=1S/C17H20N3O14P3/c18-16(23)13-11(7-6-10-4-2-1-3-5-10)8-20(19-13)17-15(22)14(21)12(32-17)9-31-36(27,28)34-37(29,30)33-35(24,25)26/h1-5,8,12,14-15,17,21-22H,9H2,(H2,18,23)(H,27,28)(H,29,30)(H2,24,25,26)/t12-,14-,15-,17-/m1/s1. The fourth-order valence-electron chi connectivity index (χ4n) is 3.01. The number of phosphoric ester groups is 1. The van der Waals surface area contributed by atoms with Crippen LogP contribution in [0.1, 0.15) is 27.8 Å². The Hall–Kier alpha value is -2.25. The molecule has 0 aliphatic carbocycles. The van der Waals surface area contributed by atoms with Crippen LogP contribution in [0.5, 0.6) is 0 Å². The van der Waals surface area contributed by atoms with Gasteiger partial charge < -0.3 is 40.3 Å². The van der Waals surface area contributed by atoms with Crippen molar-refractivity contribution >= 4 is 29.4 Å². The minimum Gasteiger partial charge on any atom is -0.387 e. The molecular weight excluding hydrogens is 563 g/mol. The lowest BCUT2D eigenvalue weighted by Gasteiger charge is -2.19. The summed E-state index contributed by atoms with van der Waals surface area (Å²) in [6.45, 7) is -1.02. The lowest BCUT2D eigenvalue weighted by atomic mass is 10.1. The van der Waals surface area contributed by atoms with Gasteiger partial charge in [-0.05, 0) is 12.1 Å². The van der Waals surface area contributed by atoms with Crippen LogP contribution in [0, 0.1) is 11.8 Å². The zero-order chi connectivity index (χ0) is 27.6. The van der Waals surface area contributed by atoms with E-state index in [-0.39, 0.29) is 11.3 Å². The highest BCUT2D eigenvalue weighted by Crippen LogP contribution is 2.66. The summed E-state index contributed by atoms with van der Waals surface area (Å²) in [5.74, 6) is 4.56. The van der Waals surface area contributed by atoms with E-state index in [0.717, 1.165) is 4.68 Å². The molecular formula is C17H20N3O14P3. The van der Waals surface area contributed by atoms with Crippen molar-refractivity contribution in [2.45, 2.75) is 24.5 Å². The second-order valence-electron chi connectivity index (χ2n) is 7.28. The topological polar surface area (TPSA) is 270 Å². The lowest BCUT2D eigenvalue weighted by molar-refractivity contribution is -0.0579. The van der Waals surface area contributed by atoms with E-state index in [1.807, 2.05) is 0 Å². The Kier molecular flexibility index (Phi) is 8.90. The first kappa shape index (κ1) is 29.3. The summed E-state index contributed by atoms with van der Waals surface area (Å²) in [6, 6.07) is 8.69. The summed E-state index contributed by atoms with van der Waals surface area (Å²) in [6.07, 6.45) is -5.29. The molecule has 0 spiro atoms. The average molecular weight is 583 g/mol. The molecule has 1 amide bonds. The van der Waals surface area contributed by atoms with Crippen molar-refractivity contribution in [3.05, 3.63) is 53.3 Å². The SMILES string of the molecule is NC(=O)c1nn([C@@H]2O[C@H](COP(=O)(O)OP(=O)(O)OP(=O)(O)O)[C@@H](O)[C@H]2O)cc1C#Cc1ccccc1. The predicted octanol–water partition coefficient (Wildman–Crippen LogP) is -0.656. The summed E-state index contributed by atoms with van der Waals surface area (Å²) in [4.78, 5) is 47.6. The molecule has 17 nitrogen and oxygen atoms in total. The van der Waals surface area contributed by atoms with Crippen molar-refractivity contribution in [1.29, 1.82) is 0 Å². The molecule has 0 bridgehead atoms. The van der Waals surface area contributed by atoms with Crippen molar-refractivity contribution in [2.75, 3.05) is 6.61 Å². The first-order valence-electron chi connectivity index (χ1n) is 9.83. The Morgan fingerprint density at radius 3 is 2.27 bits per heavy atom. The quantitative estimate of drug-likeness (QED) is 0.143. The van der Waals surface area contributed by atoms with E-state index in [1.165, 1.54) is 6.20 Å². The molecule has 0 radical (unpaired) electrons. The van der Waals surface area contributed by atoms with Gasteiger partial charge in [0.2, 0.25) is 0 Å². The van der Waals surface area contributed by atoms with Crippen LogP contribution in [0.2, 0.25) is 0 Å². The molecule has 6 atom stereocenters. The highest BCUT2D eigenvalue weighted by atomic mass is 31.3. The van der Waals surface area contributed by atoms with E-state index in [0.29, 0.717) is 5.56 Å². The predicted molar refractivity (Wildman–Crippen MR) is 119 cm³/mol. The van der Waals surface area contributed by atoms with E-state index in [2.05, 4.69) is 30.1 Å². The molecule has 1 aromatic heterocycles. The first-order valence-corrected chi connectivity index (χ1v) is 14.3.